The molecule has 2 aromatic rings. The van der Waals surface area contributed by atoms with Crippen LogP contribution in [0, 0.1) is 17.0 Å². The molecule has 0 aliphatic carbocycles. The van der Waals surface area contributed by atoms with Crippen LogP contribution >= 0.6 is 0 Å². The van der Waals surface area contributed by atoms with E-state index in [0.717, 1.165) is 0 Å². The Bertz CT molecular complexity index is 588. The van der Waals surface area contributed by atoms with Crippen molar-refractivity contribution in [1.82, 2.24) is 9.55 Å². The molecule has 0 bridgehead atoms. The highest BCUT2D eigenvalue weighted by atomic mass is 16.6. The molecule has 0 N–H and O–H groups in total. The maximum absolute atomic E-state index is 11.5. The number of furan rings is 1. The van der Waals surface area contributed by atoms with Gasteiger partial charge in [-0.05, 0) is 17.1 Å². The summed E-state index contributed by atoms with van der Waals surface area (Å²) in [5.41, 5.74) is 0. The van der Waals surface area contributed by atoms with Crippen LogP contribution in [0.5, 0.6) is 0 Å². The molecule has 2 heterocycles. The molecule has 0 amide bonds. The maximum Gasteiger partial charge on any atom is 0.374 e. The lowest BCUT2D eigenvalue weighted by molar-refractivity contribution is -0.392. The van der Waals surface area contributed by atoms with E-state index in [4.69, 9.17) is 9.15 Å². The molecule has 100 valence electrons. The number of carbonyl (C=O) groups excluding carboxylic acids is 1. The fourth-order valence-electron chi connectivity index (χ4n) is 1.57. The van der Waals surface area contributed by atoms with E-state index in [1.165, 1.54) is 23.1 Å². The maximum atomic E-state index is 11.5. The molecule has 0 fully saturated rings. The third-order valence-electron chi connectivity index (χ3n) is 2.49. The van der Waals surface area contributed by atoms with Gasteiger partial charge < -0.3 is 19.3 Å². The van der Waals surface area contributed by atoms with Crippen LogP contribution in [0.1, 0.15) is 16.4 Å². The number of aromatic nitrogens is 2. The summed E-state index contributed by atoms with van der Waals surface area (Å²) in [7, 11) is 0. The van der Waals surface area contributed by atoms with Gasteiger partial charge in [0.25, 0.3) is 0 Å². The van der Waals surface area contributed by atoms with Gasteiger partial charge in [-0.2, -0.15) is 0 Å². The van der Waals surface area contributed by atoms with Crippen LogP contribution in [0.15, 0.2) is 29.0 Å². The number of ether oxygens (including phenoxy) is 1. The summed E-state index contributed by atoms with van der Waals surface area (Å²) in [6.45, 7) is 1.80. The van der Waals surface area contributed by atoms with Gasteiger partial charge in [0.1, 0.15) is 19.3 Å². The zero-order valence-electron chi connectivity index (χ0n) is 10.1. The van der Waals surface area contributed by atoms with Gasteiger partial charge in [0.05, 0.1) is 6.26 Å². The van der Waals surface area contributed by atoms with E-state index in [1.807, 2.05) is 0 Å². The van der Waals surface area contributed by atoms with Crippen molar-refractivity contribution in [1.29, 1.82) is 0 Å². The molecule has 0 spiro atoms. The second kappa shape index (κ2) is 5.34. The van der Waals surface area contributed by atoms with Crippen molar-refractivity contribution in [3.8, 4) is 0 Å². The number of hydrogen-bond donors (Lipinski definition) is 0. The lowest BCUT2D eigenvalue weighted by Gasteiger charge is -2.03. The minimum Gasteiger partial charge on any atom is -0.457 e. The van der Waals surface area contributed by atoms with Crippen LogP contribution in [-0.4, -0.2) is 27.1 Å². The molecule has 2 rings (SSSR count). The highest BCUT2D eigenvalue weighted by Gasteiger charge is 2.18. The van der Waals surface area contributed by atoms with E-state index in [2.05, 4.69) is 4.98 Å². The summed E-state index contributed by atoms with van der Waals surface area (Å²) in [5.74, 6) is -0.158. The minimum atomic E-state index is -0.606. The smallest absolute Gasteiger partial charge is 0.374 e. The number of nitrogens with zero attached hydrogens (tertiary/aromatic N) is 3. The third-order valence-corrected chi connectivity index (χ3v) is 2.49. The molecule has 0 unspecified atom stereocenters. The molecule has 19 heavy (non-hydrogen) atoms. The van der Waals surface area contributed by atoms with Gasteiger partial charge in [-0.1, -0.05) is 0 Å². The average Bonchev–Trinajstić information content (AvgIpc) is 2.99. The number of rotatable bonds is 5. The molecule has 2 aromatic heterocycles. The predicted molar refractivity (Wildman–Crippen MR) is 62.6 cm³/mol. The van der Waals surface area contributed by atoms with Crippen LogP contribution in [0.2, 0.25) is 0 Å². The van der Waals surface area contributed by atoms with Gasteiger partial charge in [0, 0.05) is 6.92 Å². The summed E-state index contributed by atoms with van der Waals surface area (Å²) in [6.07, 6.45) is 2.53. The van der Waals surface area contributed by atoms with Gasteiger partial charge in [-0.15, -0.1) is 0 Å². The van der Waals surface area contributed by atoms with Crippen LogP contribution < -0.4 is 0 Å². The fraction of sp³-hybridized carbons (Fsp3) is 0.273. The zero-order chi connectivity index (χ0) is 13.8. The Balaban J connectivity index is 1.95. The number of imidazole rings is 1. The Morgan fingerprint density at radius 2 is 2.42 bits per heavy atom. The zero-order valence-corrected chi connectivity index (χ0v) is 10.1. The summed E-state index contributed by atoms with van der Waals surface area (Å²) in [6, 6.07) is 3.05. The van der Waals surface area contributed by atoms with E-state index in [9.17, 15) is 14.9 Å². The Hall–Kier alpha value is -2.64. The van der Waals surface area contributed by atoms with Gasteiger partial charge in [0.2, 0.25) is 5.76 Å². The molecule has 0 radical (unpaired) electrons. The Morgan fingerprint density at radius 1 is 1.63 bits per heavy atom. The third kappa shape index (κ3) is 2.79. The fourth-order valence-corrected chi connectivity index (χ4v) is 1.57. The SMILES string of the molecule is Cc1ncc([N+](=O)[O-])n1CCOC(=O)c1ccco1. The Labute approximate surface area is 107 Å². The van der Waals surface area contributed by atoms with Crippen LogP contribution in [-0.2, 0) is 11.3 Å². The van der Waals surface area contributed by atoms with Crippen molar-refractivity contribution < 1.29 is 18.9 Å². The highest BCUT2D eigenvalue weighted by molar-refractivity contribution is 5.86. The monoisotopic (exact) mass is 265 g/mol. The first-order valence-corrected chi connectivity index (χ1v) is 5.46. The standard InChI is InChI=1S/C11H11N3O5/c1-8-12-7-10(14(16)17)13(8)4-6-19-11(15)9-3-2-5-18-9/h2-3,5,7H,4,6H2,1H3. The quantitative estimate of drug-likeness (QED) is 0.462. The molecule has 0 aliphatic heterocycles. The van der Waals surface area contributed by atoms with Crippen molar-refractivity contribution in [2.24, 2.45) is 0 Å². The van der Waals surface area contributed by atoms with Crippen molar-refractivity contribution in [3.05, 3.63) is 46.3 Å². The molecule has 0 saturated heterocycles. The van der Waals surface area contributed by atoms with E-state index in [-0.39, 0.29) is 24.7 Å². The molecule has 8 heteroatoms. The molecule has 0 aliphatic rings. The summed E-state index contributed by atoms with van der Waals surface area (Å²) in [4.78, 5) is 25.5. The molecule has 8 nitrogen and oxygen atoms in total. The first-order valence-electron chi connectivity index (χ1n) is 5.46. The first kappa shape index (κ1) is 12.8. The van der Waals surface area contributed by atoms with E-state index in [1.54, 1.807) is 13.0 Å². The normalized spacial score (nSPS) is 10.4. The second-order valence-corrected chi connectivity index (χ2v) is 3.69. The lowest BCUT2D eigenvalue weighted by Crippen LogP contribution is -2.13. The largest absolute Gasteiger partial charge is 0.457 e. The van der Waals surface area contributed by atoms with Gasteiger partial charge >= 0.3 is 11.8 Å². The molecule has 0 atom stereocenters. The van der Waals surface area contributed by atoms with Crippen LogP contribution in [0.3, 0.4) is 0 Å². The van der Waals surface area contributed by atoms with Crippen molar-refractivity contribution in [2.45, 2.75) is 13.5 Å². The Morgan fingerprint density at radius 3 is 3.05 bits per heavy atom. The number of hydrogen-bond acceptors (Lipinski definition) is 6. The van der Waals surface area contributed by atoms with E-state index >= 15 is 0 Å². The first-order chi connectivity index (χ1) is 9.09. The van der Waals surface area contributed by atoms with Crippen LogP contribution in [0.4, 0.5) is 5.82 Å². The van der Waals surface area contributed by atoms with Gasteiger partial charge in [-0.25, -0.2) is 14.3 Å². The number of nitro groups is 1. The summed E-state index contributed by atoms with van der Waals surface area (Å²) < 4.78 is 11.2. The summed E-state index contributed by atoms with van der Waals surface area (Å²) in [5, 5.41) is 10.7. The summed E-state index contributed by atoms with van der Waals surface area (Å²) >= 11 is 0. The van der Waals surface area contributed by atoms with Gasteiger partial charge in [0.15, 0.2) is 5.82 Å². The highest BCUT2D eigenvalue weighted by Crippen LogP contribution is 2.13. The average molecular weight is 265 g/mol. The van der Waals surface area contributed by atoms with Gasteiger partial charge in [-0.3, -0.25) is 0 Å². The lowest BCUT2D eigenvalue weighted by atomic mass is 10.4. The predicted octanol–water partition coefficient (Wildman–Crippen LogP) is 1.55. The van der Waals surface area contributed by atoms with Crippen molar-refractivity contribution in [2.75, 3.05) is 6.61 Å². The minimum absolute atomic E-state index is 0.00241. The number of aryl methyl sites for hydroxylation is 1. The Kier molecular flexibility index (Phi) is 3.60. The number of esters is 1. The van der Waals surface area contributed by atoms with Crippen LogP contribution in [0.25, 0.3) is 0 Å². The molecular weight excluding hydrogens is 254 g/mol. The molecule has 0 aromatic carbocycles. The number of carbonyl (C=O) groups is 1. The topological polar surface area (TPSA) is 100 Å². The van der Waals surface area contributed by atoms with E-state index in [0.29, 0.717) is 5.82 Å². The van der Waals surface area contributed by atoms with Crippen molar-refractivity contribution >= 4 is 11.8 Å². The molecule has 0 saturated carbocycles. The molecular formula is C11H11N3O5. The second-order valence-electron chi connectivity index (χ2n) is 3.69. The van der Waals surface area contributed by atoms with Crippen molar-refractivity contribution in [3.63, 3.8) is 0 Å². The van der Waals surface area contributed by atoms with E-state index < -0.39 is 10.9 Å².